The van der Waals surface area contributed by atoms with Crippen LogP contribution in [0.25, 0.3) is 0 Å². The highest BCUT2D eigenvalue weighted by atomic mass is 28.4. The van der Waals surface area contributed by atoms with Gasteiger partial charge in [0.05, 0.1) is 0 Å². The average molecular weight is 407 g/mol. The molecule has 0 radical (unpaired) electrons. The molecule has 154 valence electrons. The molecule has 3 heteroatoms. The number of ketones is 1. The Kier molecular flexibility index (Phi) is 5.11. The minimum atomic E-state index is -2.56. The summed E-state index contributed by atoms with van der Waals surface area (Å²) < 4.78 is 7.03. The van der Waals surface area contributed by atoms with E-state index in [0.717, 1.165) is 12.8 Å². The minimum Gasteiger partial charge on any atom is -0.407 e. The summed E-state index contributed by atoms with van der Waals surface area (Å²) >= 11 is 0. The monoisotopic (exact) mass is 406 g/mol. The van der Waals surface area contributed by atoms with Crippen molar-refractivity contribution in [3.05, 3.63) is 60.7 Å². The van der Waals surface area contributed by atoms with Crippen LogP contribution < -0.4 is 10.4 Å². The first-order chi connectivity index (χ1) is 13.7. The molecule has 2 bridgehead atoms. The molecule has 0 heterocycles. The van der Waals surface area contributed by atoms with Crippen molar-refractivity contribution in [2.24, 2.45) is 23.2 Å². The van der Waals surface area contributed by atoms with E-state index in [2.05, 4.69) is 95.3 Å². The first-order valence-corrected chi connectivity index (χ1v) is 12.9. The third kappa shape index (κ3) is 3.23. The van der Waals surface area contributed by atoms with Crippen LogP contribution in [0, 0.1) is 23.2 Å². The van der Waals surface area contributed by atoms with Gasteiger partial charge in [-0.05, 0) is 39.6 Å². The van der Waals surface area contributed by atoms with E-state index in [9.17, 15) is 4.79 Å². The summed E-state index contributed by atoms with van der Waals surface area (Å²) in [6.07, 6.45) is 2.07. The van der Waals surface area contributed by atoms with Crippen molar-refractivity contribution in [2.45, 2.75) is 52.5 Å². The molecule has 0 aromatic heterocycles. The Morgan fingerprint density at radius 2 is 1.45 bits per heavy atom. The van der Waals surface area contributed by atoms with Crippen LogP contribution in [0.4, 0.5) is 0 Å². The molecule has 29 heavy (non-hydrogen) atoms. The van der Waals surface area contributed by atoms with E-state index < -0.39 is 8.32 Å². The van der Waals surface area contributed by atoms with Crippen molar-refractivity contribution >= 4 is 24.5 Å². The SMILES string of the molecule is CC1(C)[C@H]2C[C@@H](CO[Si](c3ccccc3)(c3ccccc3)C(C)(C)C)C(=O)[C@@H]1C2. The predicted molar refractivity (Wildman–Crippen MR) is 122 cm³/mol. The molecular weight excluding hydrogens is 372 g/mol. The smallest absolute Gasteiger partial charge is 0.261 e. The van der Waals surface area contributed by atoms with E-state index in [1.165, 1.54) is 10.4 Å². The number of hydrogen-bond acceptors (Lipinski definition) is 2. The van der Waals surface area contributed by atoms with E-state index in [-0.39, 0.29) is 22.3 Å². The lowest BCUT2D eigenvalue weighted by Gasteiger charge is -2.57. The Labute approximate surface area is 176 Å². The van der Waals surface area contributed by atoms with Gasteiger partial charge in [-0.25, -0.2) is 0 Å². The highest BCUT2D eigenvalue weighted by molar-refractivity contribution is 6.99. The molecule has 3 atom stereocenters. The summed E-state index contributed by atoms with van der Waals surface area (Å²) in [5.74, 6) is 1.39. The van der Waals surface area contributed by atoms with Crippen LogP contribution in [0.15, 0.2) is 60.7 Å². The van der Waals surface area contributed by atoms with Crippen LogP contribution in [-0.2, 0) is 9.22 Å². The van der Waals surface area contributed by atoms with Gasteiger partial charge in [0.25, 0.3) is 8.32 Å². The maximum Gasteiger partial charge on any atom is 0.261 e. The summed E-state index contributed by atoms with van der Waals surface area (Å²) in [5, 5.41) is 2.52. The molecule has 3 aliphatic carbocycles. The van der Waals surface area contributed by atoms with Gasteiger partial charge in [-0.15, -0.1) is 0 Å². The number of rotatable bonds is 5. The first kappa shape index (κ1) is 20.6. The third-order valence-electron chi connectivity index (χ3n) is 7.70. The van der Waals surface area contributed by atoms with Crippen LogP contribution in [0.1, 0.15) is 47.5 Å². The maximum atomic E-state index is 13.2. The second-order valence-electron chi connectivity index (χ2n) is 10.6. The zero-order chi connectivity index (χ0) is 20.9. The molecule has 3 fully saturated rings. The van der Waals surface area contributed by atoms with E-state index in [1.54, 1.807) is 0 Å². The van der Waals surface area contributed by atoms with Gasteiger partial charge in [0.2, 0.25) is 0 Å². The molecule has 5 rings (SSSR count). The number of carbonyl (C=O) groups is 1. The second-order valence-corrected chi connectivity index (χ2v) is 14.9. The zero-order valence-corrected chi connectivity index (χ0v) is 19.4. The standard InChI is InChI=1S/C26H34O2Si/c1-25(2,3)29(21-12-8-6-9-13-21,22-14-10-7-11-15-22)28-18-19-16-20-17-23(24(19)27)26(20,4)5/h6-15,19-20,23H,16-18H2,1-5H3/t19-,20-,23-/m0/s1. The maximum absolute atomic E-state index is 13.2. The van der Waals surface area contributed by atoms with Crippen LogP contribution in [0.3, 0.4) is 0 Å². The highest BCUT2D eigenvalue weighted by Gasteiger charge is 2.58. The fourth-order valence-electron chi connectivity index (χ4n) is 5.78. The number of carbonyl (C=O) groups excluding carboxylic acids is 1. The largest absolute Gasteiger partial charge is 0.407 e. The van der Waals surface area contributed by atoms with Gasteiger partial charge in [-0.2, -0.15) is 0 Å². The molecule has 0 spiro atoms. The Morgan fingerprint density at radius 3 is 1.86 bits per heavy atom. The van der Waals surface area contributed by atoms with Crippen molar-refractivity contribution in [3.63, 3.8) is 0 Å². The number of hydrogen-bond donors (Lipinski definition) is 0. The molecule has 3 saturated carbocycles. The molecule has 2 aromatic carbocycles. The van der Waals surface area contributed by atoms with Gasteiger partial charge in [0.15, 0.2) is 0 Å². The Hall–Kier alpha value is -1.71. The first-order valence-electron chi connectivity index (χ1n) is 11.0. The summed E-state index contributed by atoms with van der Waals surface area (Å²) in [5.41, 5.74) is 0.186. The summed E-state index contributed by atoms with van der Waals surface area (Å²) in [7, 11) is -2.56. The molecule has 3 aliphatic rings. The van der Waals surface area contributed by atoms with Crippen molar-refractivity contribution in [1.82, 2.24) is 0 Å². The van der Waals surface area contributed by atoms with Crippen LogP contribution in [-0.4, -0.2) is 20.7 Å². The normalized spacial score (nSPS) is 26.1. The fourth-order valence-corrected chi connectivity index (χ4v) is 10.4. The van der Waals surface area contributed by atoms with Crippen molar-refractivity contribution in [3.8, 4) is 0 Å². The summed E-state index contributed by atoms with van der Waals surface area (Å²) in [6.45, 7) is 12.0. The van der Waals surface area contributed by atoms with Crippen molar-refractivity contribution in [1.29, 1.82) is 0 Å². The molecule has 0 amide bonds. The van der Waals surface area contributed by atoms with Crippen LogP contribution in [0.5, 0.6) is 0 Å². The summed E-state index contributed by atoms with van der Waals surface area (Å²) in [4.78, 5) is 13.2. The van der Waals surface area contributed by atoms with Gasteiger partial charge in [0, 0.05) is 18.4 Å². The molecule has 0 saturated heterocycles. The topological polar surface area (TPSA) is 26.3 Å². The number of benzene rings is 2. The van der Waals surface area contributed by atoms with Gasteiger partial charge in [-0.1, -0.05) is 95.3 Å². The molecule has 2 nitrogen and oxygen atoms in total. The van der Waals surface area contributed by atoms with Crippen LogP contribution in [0.2, 0.25) is 5.04 Å². The lowest BCUT2D eigenvalue weighted by Crippen LogP contribution is -2.67. The summed E-state index contributed by atoms with van der Waals surface area (Å²) in [6, 6.07) is 21.4. The van der Waals surface area contributed by atoms with Gasteiger partial charge >= 0.3 is 0 Å². The van der Waals surface area contributed by atoms with Gasteiger partial charge < -0.3 is 4.43 Å². The van der Waals surface area contributed by atoms with E-state index in [1.807, 2.05) is 0 Å². The molecule has 0 aliphatic heterocycles. The lowest BCUT2D eigenvalue weighted by atomic mass is 9.46. The zero-order valence-electron chi connectivity index (χ0n) is 18.4. The lowest BCUT2D eigenvalue weighted by molar-refractivity contribution is -0.158. The van der Waals surface area contributed by atoms with Crippen molar-refractivity contribution in [2.75, 3.05) is 6.61 Å². The predicted octanol–water partition coefficient (Wildman–Crippen LogP) is 4.81. The fraction of sp³-hybridized carbons (Fsp3) is 0.500. The van der Waals surface area contributed by atoms with E-state index in [0.29, 0.717) is 18.3 Å². The highest BCUT2D eigenvalue weighted by Crippen LogP contribution is 2.59. The quantitative estimate of drug-likeness (QED) is 0.666. The molecular formula is C26H34O2Si. The van der Waals surface area contributed by atoms with Crippen molar-refractivity contribution < 1.29 is 9.22 Å². The van der Waals surface area contributed by atoms with E-state index in [4.69, 9.17) is 4.43 Å². The van der Waals surface area contributed by atoms with E-state index >= 15 is 0 Å². The minimum absolute atomic E-state index is 0.0460. The molecule has 0 unspecified atom stereocenters. The molecule has 0 N–H and O–H groups in total. The third-order valence-corrected chi connectivity index (χ3v) is 12.7. The number of fused-ring (bicyclic) bond motifs is 2. The average Bonchev–Trinajstić information content (AvgIpc) is 2.69. The Balaban J connectivity index is 1.69. The van der Waals surface area contributed by atoms with Gasteiger partial charge in [-0.3, -0.25) is 4.79 Å². The Bertz CT molecular complexity index is 827. The second kappa shape index (κ2) is 7.21. The van der Waals surface area contributed by atoms with Gasteiger partial charge in [0.1, 0.15) is 5.78 Å². The molecule has 2 aromatic rings. The Morgan fingerprint density at radius 1 is 0.931 bits per heavy atom. The number of Topliss-reactive ketones (excluding diaryl/α,β-unsaturated/α-hetero) is 1. The van der Waals surface area contributed by atoms with Crippen LogP contribution >= 0.6 is 0 Å².